The van der Waals surface area contributed by atoms with Gasteiger partial charge in [-0.1, -0.05) is 217 Å². The van der Waals surface area contributed by atoms with Crippen LogP contribution in [0.2, 0.25) is 0 Å². The summed E-state index contributed by atoms with van der Waals surface area (Å²) in [7, 11) is 0. The number of hydrogen-bond donors (Lipinski definition) is 0. The second-order valence-electron chi connectivity index (χ2n) is 17.4. The molecule has 276 valence electrons. The van der Waals surface area contributed by atoms with E-state index in [1.807, 2.05) is 0 Å². The molecule has 0 aliphatic heterocycles. The Morgan fingerprint density at radius 2 is 0.776 bits per heavy atom. The molecule has 2 aliphatic rings. The number of benzene rings is 2. The lowest BCUT2D eigenvalue weighted by molar-refractivity contribution is -0.234. The normalized spacial score (nSPS) is 18.9. The van der Waals surface area contributed by atoms with Gasteiger partial charge in [0.1, 0.15) is 0 Å². The van der Waals surface area contributed by atoms with E-state index in [1.165, 1.54) is 178 Å². The summed E-state index contributed by atoms with van der Waals surface area (Å²) in [4.78, 5) is 0. The van der Waals surface area contributed by atoms with Crippen molar-refractivity contribution >= 4 is 0 Å². The zero-order chi connectivity index (χ0) is 34.6. The highest BCUT2D eigenvalue weighted by atomic mass is 16.5. The first-order chi connectivity index (χ1) is 24.0. The molecule has 2 unspecified atom stereocenters. The lowest BCUT2D eigenvalue weighted by atomic mass is 9.67. The first-order valence-corrected chi connectivity index (χ1v) is 21.8. The third kappa shape index (κ3) is 12.8. The van der Waals surface area contributed by atoms with Crippen LogP contribution in [-0.4, -0.2) is 0 Å². The number of unbranched alkanes of at least 4 members (excludes halogenated alkanes) is 10. The monoisotopic (exact) mass is 671 g/mol. The first kappa shape index (κ1) is 40.2. The minimum atomic E-state index is -0.219. The molecule has 2 aliphatic carbocycles. The molecule has 2 saturated carbocycles. The fraction of sp³-hybridized carbons (Fsp3) is 0.750. The van der Waals surface area contributed by atoms with E-state index in [0.717, 1.165) is 11.8 Å². The van der Waals surface area contributed by atoms with Crippen molar-refractivity contribution in [1.82, 2.24) is 0 Å². The molecule has 0 heterocycles. The Morgan fingerprint density at radius 3 is 1.12 bits per heavy atom. The molecule has 0 saturated heterocycles. The Kier molecular flexibility index (Phi) is 18.3. The molecule has 4 rings (SSSR count). The highest BCUT2D eigenvalue weighted by molar-refractivity contribution is 5.29. The molecule has 0 N–H and O–H groups in total. The van der Waals surface area contributed by atoms with Gasteiger partial charge in [-0.3, -0.25) is 0 Å². The minimum Gasteiger partial charge on any atom is -0.359 e. The molecule has 2 aromatic carbocycles. The van der Waals surface area contributed by atoms with Gasteiger partial charge in [-0.05, 0) is 73.3 Å². The van der Waals surface area contributed by atoms with E-state index in [2.05, 4.69) is 88.4 Å². The maximum absolute atomic E-state index is 8.42. The molecular weight excluding hydrogens is 593 g/mol. The smallest absolute Gasteiger partial charge is 0.0971 e. The summed E-state index contributed by atoms with van der Waals surface area (Å²) in [6.07, 6.45) is 34.9. The third-order valence-corrected chi connectivity index (χ3v) is 12.6. The molecule has 49 heavy (non-hydrogen) atoms. The number of ether oxygens (including phenoxy) is 1. The number of hydrogen-bond acceptors (Lipinski definition) is 1. The molecule has 0 amide bonds. The van der Waals surface area contributed by atoms with Gasteiger partial charge in [-0.2, -0.15) is 0 Å². The quantitative estimate of drug-likeness (QED) is 0.101. The van der Waals surface area contributed by atoms with Crippen molar-refractivity contribution in [2.45, 2.75) is 206 Å². The van der Waals surface area contributed by atoms with Gasteiger partial charge in [-0.25, -0.2) is 0 Å². The van der Waals surface area contributed by atoms with E-state index in [0.29, 0.717) is 11.8 Å². The van der Waals surface area contributed by atoms with Crippen molar-refractivity contribution < 1.29 is 4.74 Å². The van der Waals surface area contributed by atoms with E-state index in [-0.39, 0.29) is 11.2 Å². The molecule has 2 atom stereocenters. The molecule has 1 heteroatoms. The van der Waals surface area contributed by atoms with E-state index in [1.54, 1.807) is 0 Å². The van der Waals surface area contributed by atoms with Crippen molar-refractivity contribution in [3.8, 4) is 0 Å². The third-order valence-electron chi connectivity index (χ3n) is 12.6. The fourth-order valence-corrected chi connectivity index (χ4v) is 9.75. The van der Waals surface area contributed by atoms with Crippen molar-refractivity contribution in [2.24, 2.45) is 23.7 Å². The van der Waals surface area contributed by atoms with Crippen molar-refractivity contribution in [3.05, 3.63) is 71.8 Å². The van der Waals surface area contributed by atoms with E-state index < -0.39 is 0 Å². The van der Waals surface area contributed by atoms with Crippen LogP contribution in [0.15, 0.2) is 60.7 Å². The van der Waals surface area contributed by atoms with Gasteiger partial charge in [-0.15, -0.1) is 0 Å². The number of rotatable bonds is 24. The predicted molar refractivity (Wildman–Crippen MR) is 214 cm³/mol. The minimum absolute atomic E-state index is 0.219. The highest BCUT2D eigenvalue weighted by Gasteiger charge is 2.51. The van der Waals surface area contributed by atoms with Crippen LogP contribution in [0.25, 0.3) is 0 Å². The van der Waals surface area contributed by atoms with Crippen LogP contribution in [0.3, 0.4) is 0 Å². The van der Waals surface area contributed by atoms with Crippen LogP contribution in [0.4, 0.5) is 0 Å². The van der Waals surface area contributed by atoms with Crippen molar-refractivity contribution in [3.63, 3.8) is 0 Å². The molecule has 2 fully saturated rings. The zero-order valence-corrected chi connectivity index (χ0v) is 32.9. The zero-order valence-electron chi connectivity index (χ0n) is 32.9. The molecule has 0 spiro atoms. The Hall–Kier alpha value is -1.60. The maximum Gasteiger partial charge on any atom is 0.0971 e. The Balaban J connectivity index is 1.64. The predicted octanol–water partition coefficient (Wildman–Crippen LogP) is 15.5. The topological polar surface area (TPSA) is 9.23 Å². The van der Waals surface area contributed by atoms with Gasteiger partial charge in [0.15, 0.2) is 0 Å². The lowest BCUT2D eigenvalue weighted by Crippen LogP contribution is -2.50. The largest absolute Gasteiger partial charge is 0.359 e. The van der Waals surface area contributed by atoms with Gasteiger partial charge in [0.2, 0.25) is 0 Å². The van der Waals surface area contributed by atoms with Gasteiger partial charge in [0.05, 0.1) is 11.2 Å². The van der Waals surface area contributed by atoms with Crippen LogP contribution < -0.4 is 0 Å². The molecule has 2 aromatic rings. The van der Waals surface area contributed by atoms with E-state index >= 15 is 0 Å². The van der Waals surface area contributed by atoms with Gasteiger partial charge >= 0.3 is 0 Å². The van der Waals surface area contributed by atoms with Gasteiger partial charge in [0.25, 0.3) is 0 Å². The Morgan fingerprint density at radius 1 is 0.449 bits per heavy atom. The SMILES string of the molecule is CC(C)CCCCCCCCC(OC(CCCCCCCCC(C)C)(c1ccccc1)C1CCCCC1)(c1ccccc1)C1CCCCC1. The summed E-state index contributed by atoms with van der Waals surface area (Å²) in [5, 5.41) is 0. The summed E-state index contributed by atoms with van der Waals surface area (Å²) < 4.78 is 8.42. The summed E-state index contributed by atoms with van der Waals surface area (Å²) in [6.45, 7) is 9.47. The van der Waals surface area contributed by atoms with Crippen LogP contribution >= 0.6 is 0 Å². The van der Waals surface area contributed by atoms with Gasteiger partial charge in [0, 0.05) is 0 Å². The highest BCUT2D eigenvalue weighted by Crippen LogP contribution is 2.55. The molecule has 1 nitrogen and oxygen atoms in total. The van der Waals surface area contributed by atoms with Crippen LogP contribution in [0, 0.1) is 23.7 Å². The van der Waals surface area contributed by atoms with Crippen molar-refractivity contribution in [1.29, 1.82) is 0 Å². The summed E-state index contributed by atoms with van der Waals surface area (Å²) in [5.41, 5.74) is 2.51. The Labute approximate surface area is 305 Å². The lowest BCUT2D eigenvalue weighted by Gasteiger charge is -2.53. The van der Waals surface area contributed by atoms with Crippen LogP contribution in [0.1, 0.15) is 206 Å². The Bertz CT molecular complexity index is 991. The average molecular weight is 671 g/mol. The van der Waals surface area contributed by atoms with Crippen molar-refractivity contribution in [2.75, 3.05) is 0 Å². The average Bonchev–Trinajstić information content (AvgIpc) is 3.14. The second kappa shape index (κ2) is 22.4. The summed E-state index contributed by atoms with van der Waals surface area (Å²) >= 11 is 0. The second-order valence-corrected chi connectivity index (χ2v) is 17.4. The van der Waals surface area contributed by atoms with E-state index in [9.17, 15) is 0 Å². The molecule has 0 aromatic heterocycles. The van der Waals surface area contributed by atoms with Gasteiger partial charge < -0.3 is 4.74 Å². The summed E-state index contributed by atoms with van der Waals surface area (Å²) in [5.74, 6) is 2.87. The maximum atomic E-state index is 8.42. The van der Waals surface area contributed by atoms with Crippen LogP contribution in [0.5, 0.6) is 0 Å². The summed E-state index contributed by atoms with van der Waals surface area (Å²) in [6, 6.07) is 23.5. The van der Waals surface area contributed by atoms with E-state index in [4.69, 9.17) is 4.74 Å². The van der Waals surface area contributed by atoms with Crippen LogP contribution in [-0.2, 0) is 15.9 Å². The first-order valence-electron chi connectivity index (χ1n) is 21.8. The molecule has 0 radical (unpaired) electrons. The standard InChI is InChI=1S/C48H78O/c1-41(2)29-17-9-5-7-11-27-39-47(43-31-19-13-20-32-43,44-33-21-14-22-34-44)49-48(45-35-23-15-24-36-45,46-37-25-16-26-38-46)40-28-12-8-6-10-18-30-42(3)4/h13,15,19-20,23-24,31-32,35-36,41-42,44,46H,5-12,14,16-18,21-22,25-30,33-34,37-40H2,1-4H3. The molecular formula is C48H78O. The fourth-order valence-electron chi connectivity index (χ4n) is 9.75. The molecule has 0 bridgehead atoms.